The molecule has 3 aromatic rings. The first-order valence-corrected chi connectivity index (χ1v) is 15.7. The Hall–Kier alpha value is -4.00. The van der Waals surface area contributed by atoms with Gasteiger partial charge in [-0.3, -0.25) is 9.59 Å². The standard InChI is InChI=1S/C33H38N4O8.ClH/c1-3-21-22-15-20(45-32(42)36-13-10-19(11-14-36)34-12-6-5-7-28(38)39)8-9-26(22)35-29-23(21)17-37-27(29)16-25-24(30(37)40)18-44-31(41)33(25,43)4-2;/h8-9,15-16,19,34,43H,3-7,10-14,17-18H2,1-2H3,(H,38,39);1H/t33-;/m0./s1. The number of aromatic nitrogens is 2. The minimum atomic E-state index is -1.89. The summed E-state index contributed by atoms with van der Waals surface area (Å²) in [7, 11) is 0. The molecule has 0 bridgehead atoms. The predicted molar refractivity (Wildman–Crippen MR) is 171 cm³/mol. The van der Waals surface area contributed by atoms with Crippen LogP contribution in [0.2, 0.25) is 0 Å². The molecule has 13 heteroatoms. The molecule has 0 aliphatic carbocycles. The molecular formula is C33H39ClN4O8. The molecule has 0 radical (unpaired) electrons. The highest BCUT2D eigenvalue weighted by Gasteiger charge is 2.45. The van der Waals surface area contributed by atoms with E-state index in [1.807, 2.05) is 13.0 Å². The number of aryl methyl sites for hydroxylation is 1. The SMILES string of the molecule is CCc1c2c(nc3ccc(OC(=O)N4CCC(NCCCCC(=O)O)CC4)cc13)-c1cc3c(c(=O)n1C2)COC(=O)[C@]3(O)CC.Cl. The normalized spacial score (nSPS) is 18.8. The lowest BCUT2D eigenvalue weighted by Gasteiger charge is -2.31. The number of ether oxygens (including phenoxy) is 2. The summed E-state index contributed by atoms with van der Waals surface area (Å²) in [6.45, 7) is 5.71. The number of benzene rings is 1. The van der Waals surface area contributed by atoms with Crippen LogP contribution in [0.3, 0.4) is 0 Å². The summed E-state index contributed by atoms with van der Waals surface area (Å²) in [5.74, 6) is -1.12. The maximum atomic E-state index is 13.6. The average molecular weight is 655 g/mol. The van der Waals surface area contributed by atoms with Crippen molar-refractivity contribution in [3.63, 3.8) is 0 Å². The number of hydrogen-bond donors (Lipinski definition) is 3. The van der Waals surface area contributed by atoms with Crippen LogP contribution >= 0.6 is 12.4 Å². The molecule has 1 amide bonds. The first kappa shape index (κ1) is 33.4. The first-order valence-electron chi connectivity index (χ1n) is 15.7. The van der Waals surface area contributed by atoms with Gasteiger partial charge in [-0.1, -0.05) is 13.8 Å². The number of esters is 1. The van der Waals surface area contributed by atoms with E-state index in [1.165, 1.54) is 0 Å². The topological polar surface area (TPSA) is 160 Å². The second kappa shape index (κ2) is 13.4. The highest BCUT2D eigenvalue weighted by Crippen LogP contribution is 2.40. The van der Waals surface area contributed by atoms with Gasteiger partial charge in [-0.05, 0) is 74.9 Å². The second-order valence-corrected chi connectivity index (χ2v) is 12.0. The van der Waals surface area contributed by atoms with Crippen LogP contribution in [0.1, 0.15) is 74.6 Å². The lowest BCUT2D eigenvalue weighted by atomic mass is 9.86. The Kier molecular flexibility index (Phi) is 9.71. The summed E-state index contributed by atoms with van der Waals surface area (Å²) >= 11 is 0. The lowest BCUT2D eigenvalue weighted by molar-refractivity contribution is -0.172. The van der Waals surface area contributed by atoms with Crippen LogP contribution in [0.4, 0.5) is 4.79 Å². The Morgan fingerprint density at radius 1 is 1.13 bits per heavy atom. The molecule has 2 aromatic heterocycles. The summed E-state index contributed by atoms with van der Waals surface area (Å²) in [5.41, 5.74) is 2.12. The van der Waals surface area contributed by atoms with Gasteiger partial charge in [0.15, 0.2) is 5.60 Å². The van der Waals surface area contributed by atoms with Crippen molar-refractivity contribution in [2.45, 2.75) is 83.6 Å². The molecule has 46 heavy (non-hydrogen) atoms. The molecule has 0 saturated carbocycles. The van der Waals surface area contributed by atoms with Crippen molar-refractivity contribution >= 4 is 41.3 Å². The maximum absolute atomic E-state index is 13.6. The van der Waals surface area contributed by atoms with Gasteiger partial charge in [0.05, 0.1) is 29.0 Å². The number of halogens is 1. The first-order chi connectivity index (χ1) is 21.6. The molecule has 3 aliphatic heterocycles. The van der Waals surface area contributed by atoms with Crippen LogP contribution in [0.15, 0.2) is 29.1 Å². The highest BCUT2D eigenvalue weighted by molar-refractivity contribution is 5.90. The monoisotopic (exact) mass is 654 g/mol. The Morgan fingerprint density at radius 3 is 2.59 bits per heavy atom. The van der Waals surface area contributed by atoms with Crippen molar-refractivity contribution in [1.82, 2.24) is 19.8 Å². The fraction of sp³-hybridized carbons (Fsp3) is 0.485. The molecule has 0 unspecified atom stereocenters. The number of fused-ring (bicyclic) bond motifs is 5. The molecule has 6 rings (SSSR count). The molecule has 1 aromatic carbocycles. The molecule has 3 N–H and O–H groups in total. The van der Waals surface area contributed by atoms with Crippen molar-refractivity contribution in [2.75, 3.05) is 19.6 Å². The van der Waals surface area contributed by atoms with Gasteiger partial charge >= 0.3 is 18.0 Å². The van der Waals surface area contributed by atoms with Crippen molar-refractivity contribution < 1.29 is 34.1 Å². The van der Waals surface area contributed by atoms with E-state index in [1.54, 1.807) is 34.6 Å². The number of unbranched alkanes of at least 4 members (excludes halogenated alkanes) is 1. The minimum Gasteiger partial charge on any atom is -0.481 e. The number of aliphatic hydroxyl groups is 1. The summed E-state index contributed by atoms with van der Waals surface area (Å²) < 4.78 is 12.6. The zero-order chi connectivity index (χ0) is 31.9. The summed E-state index contributed by atoms with van der Waals surface area (Å²) in [6, 6.07) is 7.33. The fourth-order valence-corrected chi connectivity index (χ4v) is 6.75. The molecule has 1 atom stereocenters. The van der Waals surface area contributed by atoms with E-state index in [-0.39, 0.29) is 54.6 Å². The number of carbonyl (C=O) groups excluding carboxylic acids is 2. The van der Waals surface area contributed by atoms with E-state index in [0.29, 0.717) is 55.1 Å². The number of carboxylic acid groups (broad SMARTS) is 1. The number of pyridine rings is 2. The number of cyclic esters (lactones) is 1. The number of carboxylic acids is 1. The molecule has 1 saturated heterocycles. The second-order valence-electron chi connectivity index (χ2n) is 12.0. The zero-order valence-electron chi connectivity index (χ0n) is 26.0. The Labute approximate surface area is 272 Å². The van der Waals surface area contributed by atoms with Crippen molar-refractivity contribution in [3.8, 4) is 17.1 Å². The number of amides is 1. The van der Waals surface area contributed by atoms with Crippen molar-refractivity contribution in [3.05, 3.63) is 56.9 Å². The van der Waals surface area contributed by atoms with Gasteiger partial charge in [-0.2, -0.15) is 0 Å². The third-order valence-corrected chi connectivity index (χ3v) is 9.34. The summed E-state index contributed by atoms with van der Waals surface area (Å²) in [6.07, 6.45) is 3.53. The van der Waals surface area contributed by atoms with Gasteiger partial charge in [0.25, 0.3) is 5.56 Å². The van der Waals surface area contributed by atoms with E-state index in [9.17, 15) is 24.3 Å². The molecular weight excluding hydrogens is 616 g/mol. The van der Waals surface area contributed by atoms with Gasteiger partial charge in [-0.25, -0.2) is 14.6 Å². The van der Waals surface area contributed by atoms with Gasteiger partial charge in [0, 0.05) is 42.1 Å². The number of piperidine rings is 1. The largest absolute Gasteiger partial charge is 0.481 e. The Morgan fingerprint density at radius 2 is 1.89 bits per heavy atom. The quantitative estimate of drug-likeness (QED) is 0.179. The van der Waals surface area contributed by atoms with Gasteiger partial charge in [0.2, 0.25) is 0 Å². The third kappa shape index (κ3) is 5.96. The smallest absolute Gasteiger partial charge is 0.415 e. The Bertz CT molecular complexity index is 1750. The summed E-state index contributed by atoms with van der Waals surface area (Å²) in [4.78, 5) is 56.4. The molecule has 12 nitrogen and oxygen atoms in total. The maximum Gasteiger partial charge on any atom is 0.415 e. The van der Waals surface area contributed by atoms with E-state index >= 15 is 0 Å². The van der Waals surface area contributed by atoms with Crippen molar-refractivity contribution in [2.24, 2.45) is 0 Å². The van der Waals surface area contributed by atoms with E-state index in [2.05, 4.69) is 5.32 Å². The van der Waals surface area contributed by atoms with Gasteiger partial charge in [0.1, 0.15) is 12.4 Å². The van der Waals surface area contributed by atoms with Crippen LogP contribution in [-0.4, -0.2) is 68.4 Å². The van der Waals surface area contributed by atoms with Crippen molar-refractivity contribution in [1.29, 1.82) is 0 Å². The highest BCUT2D eigenvalue weighted by atomic mass is 35.5. The number of aliphatic carboxylic acids is 1. The number of likely N-dealkylation sites (tertiary alicyclic amines) is 1. The minimum absolute atomic E-state index is 0. The number of rotatable bonds is 9. The molecule has 1 fully saturated rings. The zero-order valence-corrected chi connectivity index (χ0v) is 26.8. The molecule has 5 heterocycles. The average Bonchev–Trinajstić information content (AvgIpc) is 3.40. The number of hydrogen-bond acceptors (Lipinski definition) is 9. The van der Waals surface area contributed by atoms with Crippen LogP contribution in [0, 0.1) is 0 Å². The van der Waals surface area contributed by atoms with E-state index in [4.69, 9.17) is 19.6 Å². The van der Waals surface area contributed by atoms with E-state index < -0.39 is 23.6 Å². The predicted octanol–water partition coefficient (Wildman–Crippen LogP) is 3.87. The van der Waals surface area contributed by atoms with E-state index in [0.717, 1.165) is 42.3 Å². The third-order valence-electron chi connectivity index (χ3n) is 9.34. The van der Waals surface area contributed by atoms with Crippen LogP contribution < -0.4 is 15.6 Å². The Balaban J connectivity index is 0.00000417. The molecule has 246 valence electrons. The lowest BCUT2D eigenvalue weighted by Crippen LogP contribution is -2.46. The summed E-state index contributed by atoms with van der Waals surface area (Å²) in [5, 5.41) is 24.2. The van der Waals surface area contributed by atoms with Crippen LogP contribution in [0.5, 0.6) is 5.75 Å². The molecule has 0 spiro atoms. The number of nitrogens with zero attached hydrogens (tertiary/aromatic N) is 3. The number of nitrogens with one attached hydrogen (secondary N) is 1. The van der Waals surface area contributed by atoms with Gasteiger partial charge in [-0.15, -0.1) is 12.4 Å². The van der Waals surface area contributed by atoms with Crippen LogP contribution in [0.25, 0.3) is 22.3 Å². The van der Waals surface area contributed by atoms with Crippen LogP contribution in [-0.2, 0) is 39.5 Å². The fourth-order valence-electron chi connectivity index (χ4n) is 6.75. The van der Waals surface area contributed by atoms with Gasteiger partial charge < -0.3 is 34.5 Å². The molecule has 3 aliphatic rings. The number of carbonyl (C=O) groups is 3.